The van der Waals surface area contributed by atoms with E-state index in [9.17, 15) is 0 Å². The van der Waals surface area contributed by atoms with Gasteiger partial charge in [-0.2, -0.15) is 0 Å². The lowest BCUT2D eigenvalue weighted by atomic mass is 9.95. The van der Waals surface area contributed by atoms with Crippen LogP contribution in [0.25, 0.3) is 0 Å². The molecule has 1 unspecified atom stereocenters. The van der Waals surface area contributed by atoms with Crippen molar-refractivity contribution >= 4 is 0 Å². The Morgan fingerprint density at radius 3 is 1.33 bits per heavy atom. The van der Waals surface area contributed by atoms with Crippen LogP contribution in [-0.2, 0) is 85.1 Å². The highest BCUT2D eigenvalue weighted by molar-refractivity contribution is 5.19. The van der Waals surface area contributed by atoms with Crippen molar-refractivity contribution in [1.82, 2.24) is 0 Å². The van der Waals surface area contributed by atoms with Gasteiger partial charge in [0, 0.05) is 12.7 Å². The normalized spacial score (nSPS) is 27.5. The zero-order chi connectivity index (χ0) is 44.8. The molecule has 0 N–H and O–H groups in total. The second kappa shape index (κ2) is 23.6. The molecule has 11 heteroatoms. The highest BCUT2D eigenvalue weighted by Crippen LogP contribution is 2.40. The molecule has 3 aliphatic rings. The predicted molar refractivity (Wildman–Crippen MR) is 245 cm³/mol. The first-order valence-electron chi connectivity index (χ1n) is 22.7. The van der Waals surface area contributed by atoms with Gasteiger partial charge in [-0.1, -0.05) is 182 Å². The molecule has 0 saturated carbocycles. The number of hydrogen-bond acceptors (Lipinski definition) is 11. The maximum atomic E-state index is 7.40. The van der Waals surface area contributed by atoms with Gasteiger partial charge >= 0.3 is 0 Å². The molecular formula is C55H58O11. The Morgan fingerprint density at radius 1 is 0.424 bits per heavy atom. The molecule has 3 aliphatic heterocycles. The van der Waals surface area contributed by atoms with Gasteiger partial charge in [0.1, 0.15) is 48.8 Å². The summed E-state index contributed by atoms with van der Waals surface area (Å²) in [5.41, 5.74) is 5.85. The lowest BCUT2D eigenvalue weighted by Crippen LogP contribution is -2.67. The van der Waals surface area contributed by atoms with E-state index in [0.29, 0.717) is 13.2 Å². The summed E-state index contributed by atoms with van der Waals surface area (Å²) in [6.07, 6.45) is -8.32. The number of ether oxygens (including phenoxy) is 11. The van der Waals surface area contributed by atoms with Crippen molar-refractivity contribution in [2.75, 3.05) is 20.3 Å². The van der Waals surface area contributed by atoms with E-state index in [1.165, 1.54) is 0 Å². The summed E-state index contributed by atoms with van der Waals surface area (Å²) >= 11 is 0. The van der Waals surface area contributed by atoms with Gasteiger partial charge in [-0.15, -0.1) is 0 Å². The molecule has 11 atom stereocenters. The summed E-state index contributed by atoms with van der Waals surface area (Å²) in [5, 5.41) is 0. The first-order valence-corrected chi connectivity index (χ1v) is 22.7. The minimum Gasteiger partial charge on any atom is -0.374 e. The molecule has 0 aromatic heterocycles. The Labute approximate surface area is 387 Å². The fourth-order valence-electron chi connectivity index (χ4n) is 8.63. The Kier molecular flexibility index (Phi) is 16.4. The third kappa shape index (κ3) is 12.1. The molecule has 3 fully saturated rings. The van der Waals surface area contributed by atoms with Gasteiger partial charge in [0.25, 0.3) is 0 Å². The maximum Gasteiger partial charge on any atom is 0.187 e. The summed E-state index contributed by atoms with van der Waals surface area (Å²) in [5.74, 6) is 0. The molecular weight excluding hydrogens is 837 g/mol. The Hall–Kier alpha value is -5.12. The van der Waals surface area contributed by atoms with Gasteiger partial charge in [-0.3, -0.25) is 0 Å². The molecule has 0 amide bonds. The predicted octanol–water partition coefficient (Wildman–Crippen LogP) is 9.14. The van der Waals surface area contributed by atoms with Crippen molar-refractivity contribution in [3.63, 3.8) is 0 Å². The SMILES string of the molecule is CO[C@H]1O[C@@H]2COC(c3ccccc3)O[C@H]2[C@H](O[C@@H]2O[C@H](COCc3ccccc3)[C@@H](OCc3ccccc3)[C@H](OCc3ccccc3)[C@H]2OCc2ccccc2)[C@H]1OCc1ccccc1. The van der Waals surface area contributed by atoms with Gasteiger partial charge in [0.15, 0.2) is 18.9 Å². The lowest BCUT2D eigenvalue weighted by molar-refractivity contribution is -0.399. The van der Waals surface area contributed by atoms with Crippen molar-refractivity contribution in [3.05, 3.63) is 215 Å². The van der Waals surface area contributed by atoms with E-state index in [-0.39, 0.29) is 33.0 Å². The standard InChI is InChI=1S/C55H58O11/c1-56-54-52(61-36-43-28-16-6-17-29-43)50(48-46(63-54)38-62-53(65-48)44-30-18-7-19-31-44)66-55-51(60-35-42-26-14-5-15-27-42)49(59-34-41-24-12-4-13-25-41)47(58-33-40-22-10-3-11-23-40)45(64-55)37-57-32-39-20-8-2-9-21-39/h2-31,45-55H,32-38H2,1H3/t45-,46-,47-,48-,49+,50+,51-,52-,53?,54+,55+/m1/s1. The van der Waals surface area contributed by atoms with E-state index in [1.807, 2.05) is 182 Å². The summed E-state index contributed by atoms with van der Waals surface area (Å²) < 4.78 is 74.6. The lowest BCUT2D eigenvalue weighted by Gasteiger charge is -2.51. The van der Waals surface area contributed by atoms with E-state index < -0.39 is 67.7 Å². The fourth-order valence-corrected chi connectivity index (χ4v) is 8.63. The highest BCUT2D eigenvalue weighted by Gasteiger charge is 2.56. The molecule has 6 aromatic rings. The van der Waals surface area contributed by atoms with Crippen molar-refractivity contribution in [2.24, 2.45) is 0 Å². The molecule has 6 aromatic carbocycles. The number of rotatable bonds is 20. The molecule has 0 aliphatic carbocycles. The van der Waals surface area contributed by atoms with Gasteiger partial charge in [0.2, 0.25) is 0 Å². The third-order valence-electron chi connectivity index (χ3n) is 12.0. The average molecular weight is 895 g/mol. The molecule has 66 heavy (non-hydrogen) atoms. The van der Waals surface area contributed by atoms with Crippen LogP contribution in [0.4, 0.5) is 0 Å². The first kappa shape index (κ1) is 46.0. The van der Waals surface area contributed by atoms with E-state index in [4.69, 9.17) is 52.1 Å². The minimum atomic E-state index is -1.05. The van der Waals surface area contributed by atoms with Crippen LogP contribution < -0.4 is 0 Å². The van der Waals surface area contributed by atoms with Crippen LogP contribution in [-0.4, -0.2) is 81.7 Å². The van der Waals surface area contributed by atoms with Crippen LogP contribution in [0.3, 0.4) is 0 Å². The molecule has 3 heterocycles. The van der Waals surface area contributed by atoms with Crippen molar-refractivity contribution in [1.29, 1.82) is 0 Å². The van der Waals surface area contributed by atoms with Crippen molar-refractivity contribution in [2.45, 2.75) is 101 Å². The van der Waals surface area contributed by atoms with Crippen LogP contribution in [0.5, 0.6) is 0 Å². The second-order valence-corrected chi connectivity index (χ2v) is 16.6. The highest BCUT2D eigenvalue weighted by atomic mass is 16.8. The monoisotopic (exact) mass is 894 g/mol. The zero-order valence-electron chi connectivity index (χ0n) is 37.1. The number of fused-ring (bicyclic) bond motifs is 1. The third-order valence-corrected chi connectivity index (χ3v) is 12.0. The zero-order valence-corrected chi connectivity index (χ0v) is 37.1. The molecule has 9 rings (SSSR count). The van der Waals surface area contributed by atoms with Gasteiger partial charge in [-0.05, 0) is 27.8 Å². The van der Waals surface area contributed by atoms with E-state index >= 15 is 0 Å². The Balaban J connectivity index is 1.10. The molecule has 0 bridgehead atoms. The molecule has 344 valence electrons. The van der Waals surface area contributed by atoms with Crippen LogP contribution in [0, 0.1) is 0 Å². The first-order chi connectivity index (χ1) is 32.7. The van der Waals surface area contributed by atoms with Crippen molar-refractivity contribution < 1.29 is 52.1 Å². The summed E-state index contributed by atoms with van der Waals surface area (Å²) in [4.78, 5) is 0. The fraction of sp³-hybridized carbons (Fsp3) is 0.345. The van der Waals surface area contributed by atoms with Crippen LogP contribution in [0.1, 0.15) is 39.7 Å². The molecule has 3 saturated heterocycles. The molecule has 11 nitrogen and oxygen atoms in total. The van der Waals surface area contributed by atoms with E-state index in [2.05, 4.69) is 0 Å². The van der Waals surface area contributed by atoms with E-state index in [0.717, 1.165) is 33.4 Å². The summed E-state index contributed by atoms with van der Waals surface area (Å²) in [7, 11) is 1.60. The average Bonchev–Trinajstić information content (AvgIpc) is 3.38. The summed E-state index contributed by atoms with van der Waals surface area (Å²) in [6.45, 7) is 1.85. The topological polar surface area (TPSA) is 102 Å². The van der Waals surface area contributed by atoms with Gasteiger partial charge in [-0.25, -0.2) is 0 Å². The van der Waals surface area contributed by atoms with Crippen LogP contribution >= 0.6 is 0 Å². The Bertz CT molecular complexity index is 2270. The number of benzene rings is 6. The molecule has 0 radical (unpaired) electrons. The van der Waals surface area contributed by atoms with Crippen molar-refractivity contribution in [3.8, 4) is 0 Å². The largest absolute Gasteiger partial charge is 0.374 e. The number of hydrogen-bond donors (Lipinski definition) is 0. The Morgan fingerprint density at radius 2 is 0.848 bits per heavy atom. The van der Waals surface area contributed by atoms with Crippen LogP contribution in [0.15, 0.2) is 182 Å². The van der Waals surface area contributed by atoms with E-state index in [1.54, 1.807) is 7.11 Å². The smallest absolute Gasteiger partial charge is 0.187 e. The minimum absolute atomic E-state index is 0.166. The quantitative estimate of drug-likeness (QED) is 0.0734. The van der Waals surface area contributed by atoms with Gasteiger partial charge in [0.05, 0.1) is 46.2 Å². The summed E-state index contributed by atoms with van der Waals surface area (Å²) in [6, 6.07) is 60.1. The van der Waals surface area contributed by atoms with Gasteiger partial charge < -0.3 is 52.1 Å². The second-order valence-electron chi connectivity index (χ2n) is 16.6. The number of methoxy groups -OCH3 is 1. The molecule has 0 spiro atoms. The maximum absolute atomic E-state index is 7.40. The van der Waals surface area contributed by atoms with Crippen LogP contribution in [0.2, 0.25) is 0 Å².